The molecule has 0 bridgehead atoms. The molecule has 22 heavy (non-hydrogen) atoms. The lowest BCUT2D eigenvalue weighted by molar-refractivity contribution is 0.853. The molecule has 3 rings (SSSR count). The molecule has 0 aliphatic heterocycles. The molecule has 1 atom stereocenters. The predicted octanol–water partition coefficient (Wildman–Crippen LogP) is 4.18. The van der Waals surface area contributed by atoms with Crippen molar-refractivity contribution >= 4 is 11.5 Å². The summed E-state index contributed by atoms with van der Waals surface area (Å²) in [4.78, 5) is 4.49. The van der Waals surface area contributed by atoms with Gasteiger partial charge in [-0.1, -0.05) is 48.5 Å². The minimum absolute atomic E-state index is 0.153. The molecule has 0 amide bonds. The summed E-state index contributed by atoms with van der Waals surface area (Å²) in [6.45, 7) is 2.07. The van der Waals surface area contributed by atoms with Crippen LogP contribution in [0.25, 0.3) is 0 Å². The van der Waals surface area contributed by atoms with E-state index in [0.717, 1.165) is 28.2 Å². The standard InChI is InChI=1S/C19H19N3/c1-14-12-18(22-16-10-6-3-7-11-16)21-13-17(14)19(20)15-8-4-2-5-9-15/h2-13,19H,20H2,1H3,(H,21,22)/t19-/m0/s1. The maximum atomic E-state index is 6.36. The molecular weight excluding hydrogens is 270 g/mol. The van der Waals surface area contributed by atoms with Crippen LogP contribution in [0.2, 0.25) is 0 Å². The predicted molar refractivity (Wildman–Crippen MR) is 91.2 cm³/mol. The molecule has 110 valence electrons. The molecule has 3 nitrogen and oxygen atoms in total. The van der Waals surface area contributed by atoms with E-state index in [0.29, 0.717) is 0 Å². The summed E-state index contributed by atoms with van der Waals surface area (Å²) in [7, 11) is 0. The molecule has 0 saturated carbocycles. The fourth-order valence-electron chi connectivity index (χ4n) is 2.47. The molecule has 0 saturated heterocycles. The van der Waals surface area contributed by atoms with Crippen molar-refractivity contribution in [3.05, 3.63) is 89.6 Å². The molecule has 2 aromatic carbocycles. The van der Waals surface area contributed by atoms with E-state index >= 15 is 0 Å². The van der Waals surface area contributed by atoms with Gasteiger partial charge in [-0.2, -0.15) is 0 Å². The number of anilines is 2. The lowest BCUT2D eigenvalue weighted by Crippen LogP contribution is -2.13. The number of para-hydroxylation sites is 1. The van der Waals surface area contributed by atoms with Gasteiger partial charge in [0.1, 0.15) is 5.82 Å². The first-order valence-electron chi connectivity index (χ1n) is 7.33. The van der Waals surface area contributed by atoms with Crippen molar-refractivity contribution in [2.45, 2.75) is 13.0 Å². The summed E-state index contributed by atoms with van der Waals surface area (Å²) in [6.07, 6.45) is 1.86. The van der Waals surface area contributed by atoms with Gasteiger partial charge in [0.05, 0.1) is 6.04 Å². The van der Waals surface area contributed by atoms with Crippen molar-refractivity contribution < 1.29 is 0 Å². The monoisotopic (exact) mass is 289 g/mol. The summed E-state index contributed by atoms with van der Waals surface area (Å²) in [5.74, 6) is 0.827. The Labute approximate surface area is 130 Å². The Morgan fingerprint density at radius 2 is 1.59 bits per heavy atom. The second-order valence-corrected chi connectivity index (χ2v) is 5.31. The summed E-state index contributed by atoms with van der Waals surface area (Å²) in [5.41, 5.74) is 10.7. The normalized spacial score (nSPS) is 11.9. The number of pyridine rings is 1. The van der Waals surface area contributed by atoms with Crippen LogP contribution in [-0.2, 0) is 0 Å². The van der Waals surface area contributed by atoms with Gasteiger partial charge < -0.3 is 11.1 Å². The Bertz CT molecular complexity index is 739. The molecule has 0 radical (unpaired) electrons. The number of hydrogen-bond acceptors (Lipinski definition) is 3. The maximum Gasteiger partial charge on any atom is 0.130 e. The lowest BCUT2D eigenvalue weighted by Gasteiger charge is -2.16. The van der Waals surface area contributed by atoms with Gasteiger partial charge in [-0.3, -0.25) is 0 Å². The van der Waals surface area contributed by atoms with Gasteiger partial charge >= 0.3 is 0 Å². The van der Waals surface area contributed by atoms with E-state index < -0.39 is 0 Å². The van der Waals surface area contributed by atoms with Gasteiger partial charge in [-0.05, 0) is 41.8 Å². The van der Waals surface area contributed by atoms with Gasteiger partial charge in [-0.15, -0.1) is 0 Å². The topological polar surface area (TPSA) is 50.9 Å². The van der Waals surface area contributed by atoms with Crippen molar-refractivity contribution in [2.24, 2.45) is 5.73 Å². The zero-order valence-electron chi connectivity index (χ0n) is 12.5. The number of benzene rings is 2. The Hall–Kier alpha value is -2.65. The van der Waals surface area contributed by atoms with Crippen molar-refractivity contribution in [1.29, 1.82) is 0 Å². The van der Waals surface area contributed by atoms with Crippen molar-refractivity contribution in [3.63, 3.8) is 0 Å². The highest BCUT2D eigenvalue weighted by atomic mass is 15.0. The minimum Gasteiger partial charge on any atom is -0.340 e. The highest BCUT2D eigenvalue weighted by molar-refractivity contribution is 5.57. The Balaban J connectivity index is 1.83. The molecule has 0 fully saturated rings. The molecule has 3 heteroatoms. The lowest BCUT2D eigenvalue weighted by atomic mass is 9.97. The average molecular weight is 289 g/mol. The molecule has 0 aliphatic carbocycles. The van der Waals surface area contributed by atoms with E-state index in [1.54, 1.807) is 0 Å². The summed E-state index contributed by atoms with van der Waals surface area (Å²) < 4.78 is 0. The number of nitrogens with zero attached hydrogens (tertiary/aromatic N) is 1. The smallest absolute Gasteiger partial charge is 0.130 e. The summed E-state index contributed by atoms with van der Waals surface area (Å²) in [6, 6.07) is 22.0. The average Bonchev–Trinajstić information content (AvgIpc) is 2.56. The van der Waals surface area contributed by atoms with Crippen LogP contribution in [0.1, 0.15) is 22.7 Å². The third-order valence-corrected chi connectivity index (χ3v) is 3.69. The first-order chi connectivity index (χ1) is 10.7. The first kappa shape index (κ1) is 14.3. The van der Waals surface area contributed by atoms with Crippen LogP contribution in [0.4, 0.5) is 11.5 Å². The number of aromatic nitrogens is 1. The quantitative estimate of drug-likeness (QED) is 0.757. The molecule has 1 aromatic heterocycles. The molecule has 0 spiro atoms. The Morgan fingerprint density at radius 1 is 0.955 bits per heavy atom. The van der Waals surface area contributed by atoms with Gasteiger partial charge in [0.2, 0.25) is 0 Å². The maximum absolute atomic E-state index is 6.36. The molecule has 0 unspecified atom stereocenters. The van der Waals surface area contributed by atoms with Gasteiger partial charge in [0.25, 0.3) is 0 Å². The first-order valence-corrected chi connectivity index (χ1v) is 7.33. The van der Waals surface area contributed by atoms with Gasteiger partial charge in [0, 0.05) is 11.9 Å². The van der Waals surface area contributed by atoms with Gasteiger partial charge in [-0.25, -0.2) is 4.98 Å². The highest BCUT2D eigenvalue weighted by Gasteiger charge is 2.12. The second-order valence-electron chi connectivity index (χ2n) is 5.31. The van der Waals surface area contributed by atoms with E-state index in [2.05, 4.69) is 17.2 Å². The van der Waals surface area contributed by atoms with Crippen LogP contribution in [0.3, 0.4) is 0 Å². The number of nitrogens with one attached hydrogen (secondary N) is 1. The van der Waals surface area contributed by atoms with Crippen LogP contribution in [0.5, 0.6) is 0 Å². The fourth-order valence-corrected chi connectivity index (χ4v) is 2.47. The van der Waals surface area contributed by atoms with Crippen molar-refractivity contribution in [1.82, 2.24) is 4.98 Å². The van der Waals surface area contributed by atoms with Crippen LogP contribution in [0.15, 0.2) is 72.9 Å². The summed E-state index contributed by atoms with van der Waals surface area (Å²) >= 11 is 0. The SMILES string of the molecule is Cc1cc(Nc2ccccc2)ncc1[C@@H](N)c1ccccc1. The number of hydrogen-bond donors (Lipinski definition) is 2. The fraction of sp³-hybridized carbons (Fsp3) is 0.105. The van der Waals surface area contributed by atoms with Crippen molar-refractivity contribution in [3.8, 4) is 0 Å². The van der Waals surface area contributed by atoms with Crippen molar-refractivity contribution in [2.75, 3.05) is 5.32 Å². The Kier molecular flexibility index (Phi) is 4.17. The zero-order valence-corrected chi connectivity index (χ0v) is 12.5. The number of aryl methyl sites for hydroxylation is 1. The molecule has 0 aliphatic rings. The summed E-state index contributed by atoms with van der Waals surface area (Å²) in [5, 5.41) is 3.30. The number of rotatable bonds is 4. The largest absolute Gasteiger partial charge is 0.340 e. The minimum atomic E-state index is -0.153. The van der Waals surface area contributed by atoms with E-state index in [1.807, 2.05) is 72.9 Å². The third-order valence-electron chi connectivity index (χ3n) is 3.69. The van der Waals surface area contributed by atoms with Crippen LogP contribution < -0.4 is 11.1 Å². The zero-order chi connectivity index (χ0) is 15.4. The van der Waals surface area contributed by atoms with Crippen LogP contribution >= 0.6 is 0 Å². The second kappa shape index (κ2) is 6.41. The highest BCUT2D eigenvalue weighted by Crippen LogP contribution is 2.24. The molecule has 1 heterocycles. The number of nitrogens with two attached hydrogens (primary N) is 1. The van der Waals surface area contributed by atoms with E-state index in [4.69, 9.17) is 5.73 Å². The molecular formula is C19H19N3. The van der Waals surface area contributed by atoms with E-state index in [1.165, 1.54) is 0 Å². The van der Waals surface area contributed by atoms with Crippen LogP contribution in [0, 0.1) is 6.92 Å². The van der Waals surface area contributed by atoms with Crippen LogP contribution in [-0.4, -0.2) is 4.98 Å². The molecule has 3 N–H and O–H groups in total. The molecule has 3 aromatic rings. The third kappa shape index (κ3) is 3.15. The van der Waals surface area contributed by atoms with E-state index in [-0.39, 0.29) is 6.04 Å². The Morgan fingerprint density at radius 3 is 2.23 bits per heavy atom. The van der Waals surface area contributed by atoms with E-state index in [9.17, 15) is 0 Å². The van der Waals surface area contributed by atoms with Gasteiger partial charge in [0.15, 0.2) is 0 Å².